The highest BCUT2D eigenvalue weighted by Crippen LogP contribution is 2.41. The molecule has 3 aromatic heterocycles. The fraction of sp³-hybridized carbons (Fsp3) is 0.107. The number of carbonyl (C=O) groups is 1. The Morgan fingerprint density at radius 1 is 1.03 bits per heavy atom. The number of thiazole rings is 1. The van der Waals surface area contributed by atoms with Gasteiger partial charge in [0.05, 0.1) is 34.0 Å². The maximum absolute atomic E-state index is 11.7. The first-order valence-electron chi connectivity index (χ1n) is 11.5. The lowest BCUT2D eigenvalue weighted by Crippen LogP contribution is -2.04. The van der Waals surface area contributed by atoms with Gasteiger partial charge in [-0.1, -0.05) is 29.8 Å². The summed E-state index contributed by atoms with van der Waals surface area (Å²) in [6.07, 6.45) is 3.30. The fourth-order valence-corrected chi connectivity index (χ4v) is 5.83. The number of aliphatic carboxylic acids is 1. The van der Waals surface area contributed by atoms with Crippen LogP contribution in [0.1, 0.15) is 11.1 Å². The van der Waals surface area contributed by atoms with Crippen molar-refractivity contribution in [3.63, 3.8) is 0 Å². The van der Waals surface area contributed by atoms with E-state index in [1.54, 1.807) is 6.33 Å². The summed E-state index contributed by atoms with van der Waals surface area (Å²) in [6, 6.07) is 17.5. The number of aryl methyl sites for hydroxylation is 2. The van der Waals surface area contributed by atoms with Gasteiger partial charge in [0.15, 0.2) is 0 Å². The zero-order chi connectivity index (χ0) is 25.7. The smallest absolute Gasteiger partial charge is 0.307 e. The molecule has 6 rings (SSSR count). The van der Waals surface area contributed by atoms with Crippen molar-refractivity contribution in [1.82, 2.24) is 24.7 Å². The van der Waals surface area contributed by atoms with Crippen molar-refractivity contribution in [2.45, 2.75) is 13.3 Å². The van der Waals surface area contributed by atoms with Crippen LogP contribution in [0.2, 0.25) is 5.02 Å². The van der Waals surface area contributed by atoms with Crippen LogP contribution in [0.15, 0.2) is 67.1 Å². The summed E-state index contributed by atoms with van der Waals surface area (Å²) in [6.45, 7) is 1.92. The molecule has 9 heteroatoms. The minimum atomic E-state index is -0.881. The van der Waals surface area contributed by atoms with Crippen LogP contribution in [-0.4, -0.2) is 35.8 Å². The van der Waals surface area contributed by atoms with E-state index in [2.05, 4.69) is 21.1 Å². The predicted octanol–water partition coefficient (Wildman–Crippen LogP) is 6.56. The Morgan fingerprint density at radius 2 is 1.78 bits per heavy atom. The molecule has 182 valence electrons. The first kappa shape index (κ1) is 23.3. The normalized spacial score (nSPS) is 11.4. The van der Waals surface area contributed by atoms with Gasteiger partial charge in [-0.15, -0.1) is 11.3 Å². The molecule has 0 aliphatic rings. The number of carboxylic acid groups (broad SMARTS) is 1. The SMILES string of the molecule is Cc1cc2nc(-c3cc(-c4ccc5c(cnn5C)c4)ncn3)sc2c(-c2ccc(Cl)cc2)c1CC(=O)O. The van der Waals surface area contributed by atoms with E-state index >= 15 is 0 Å². The average molecular weight is 526 g/mol. The van der Waals surface area contributed by atoms with E-state index in [0.29, 0.717) is 10.7 Å². The molecule has 0 saturated heterocycles. The topological polar surface area (TPSA) is 93.8 Å². The van der Waals surface area contributed by atoms with Crippen LogP contribution in [0.4, 0.5) is 0 Å². The maximum atomic E-state index is 11.7. The van der Waals surface area contributed by atoms with Gasteiger partial charge in [0, 0.05) is 28.6 Å². The maximum Gasteiger partial charge on any atom is 0.307 e. The zero-order valence-electron chi connectivity index (χ0n) is 19.9. The van der Waals surface area contributed by atoms with E-state index in [-0.39, 0.29) is 6.42 Å². The molecule has 1 N–H and O–H groups in total. The number of rotatable bonds is 5. The second-order valence-electron chi connectivity index (χ2n) is 8.82. The van der Waals surface area contributed by atoms with Crippen molar-refractivity contribution < 1.29 is 9.90 Å². The van der Waals surface area contributed by atoms with Crippen LogP contribution in [0.5, 0.6) is 0 Å². The molecule has 0 bridgehead atoms. The number of hydrogen-bond donors (Lipinski definition) is 1. The molecular formula is C28H20ClN5O2S. The van der Waals surface area contributed by atoms with Gasteiger partial charge in [0.25, 0.3) is 0 Å². The molecule has 0 spiro atoms. The second-order valence-corrected chi connectivity index (χ2v) is 10.3. The summed E-state index contributed by atoms with van der Waals surface area (Å²) in [4.78, 5) is 25.6. The van der Waals surface area contributed by atoms with Crippen molar-refractivity contribution in [2.75, 3.05) is 0 Å². The first-order chi connectivity index (χ1) is 17.9. The Morgan fingerprint density at radius 3 is 2.57 bits per heavy atom. The predicted molar refractivity (Wildman–Crippen MR) is 147 cm³/mol. The number of halogens is 1. The molecule has 0 aliphatic carbocycles. The molecule has 0 atom stereocenters. The van der Waals surface area contributed by atoms with Crippen LogP contribution in [-0.2, 0) is 18.3 Å². The van der Waals surface area contributed by atoms with E-state index in [1.807, 2.05) is 73.4 Å². The van der Waals surface area contributed by atoms with Gasteiger partial charge in [-0.3, -0.25) is 9.48 Å². The Hall–Kier alpha value is -4.14. The highest BCUT2D eigenvalue weighted by Gasteiger charge is 2.20. The molecule has 0 amide bonds. The summed E-state index contributed by atoms with van der Waals surface area (Å²) in [5.74, 6) is -0.881. The molecule has 0 saturated carbocycles. The van der Waals surface area contributed by atoms with Crippen LogP contribution >= 0.6 is 22.9 Å². The van der Waals surface area contributed by atoms with Gasteiger partial charge in [-0.2, -0.15) is 5.10 Å². The number of nitrogens with zero attached hydrogens (tertiary/aromatic N) is 5. The summed E-state index contributed by atoms with van der Waals surface area (Å²) >= 11 is 7.63. The quantitative estimate of drug-likeness (QED) is 0.274. The van der Waals surface area contributed by atoms with E-state index < -0.39 is 5.97 Å². The van der Waals surface area contributed by atoms with Crippen molar-refractivity contribution in [1.29, 1.82) is 0 Å². The Balaban J connectivity index is 1.50. The molecular weight excluding hydrogens is 506 g/mol. The zero-order valence-corrected chi connectivity index (χ0v) is 21.5. The van der Waals surface area contributed by atoms with Crippen LogP contribution in [0.25, 0.3) is 54.2 Å². The van der Waals surface area contributed by atoms with E-state index in [1.165, 1.54) is 11.3 Å². The van der Waals surface area contributed by atoms with Crippen molar-refractivity contribution in [3.8, 4) is 33.1 Å². The minimum absolute atomic E-state index is 0.0819. The number of hydrogen-bond acceptors (Lipinski definition) is 6. The van der Waals surface area contributed by atoms with E-state index in [0.717, 1.165) is 59.6 Å². The third-order valence-electron chi connectivity index (χ3n) is 6.40. The van der Waals surface area contributed by atoms with Crippen molar-refractivity contribution >= 4 is 50.0 Å². The summed E-state index contributed by atoms with van der Waals surface area (Å²) < 4.78 is 2.75. The van der Waals surface area contributed by atoms with Crippen LogP contribution < -0.4 is 0 Å². The summed E-state index contributed by atoms with van der Waals surface area (Å²) in [7, 11) is 1.92. The van der Waals surface area contributed by atoms with Gasteiger partial charge in [0.1, 0.15) is 17.0 Å². The Bertz CT molecular complexity index is 1820. The lowest BCUT2D eigenvalue weighted by atomic mass is 9.93. The Kier molecular flexibility index (Phi) is 5.70. The molecule has 6 aromatic rings. The molecule has 37 heavy (non-hydrogen) atoms. The summed E-state index contributed by atoms with van der Waals surface area (Å²) in [5, 5.41) is 16.3. The van der Waals surface area contributed by atoms with Crippen molar-refractivity contribution in [2.24, 2.45) is 7.05 Å². The third kappa shape index (κ3) is 4.24. The van der Waals surface area contributed by atoms with Crippen LogP contribution in [0, 0.1) is 6.92 Å². The third-order valence-corrected chi connectivity index (χ3v) is 7.76. The highest BCUT2D eigenvalue weighted by atomic mass is 35.5. The molecule has 0 unspecified atom stereocenters. The fourth-order valence-electron chi connectivity index (χ4n) is 4.60. The molecule has 0 aliphatic heterocycles. The highest BCUT2D eigenvalue weighted by molar-refractivity contribution is 7.22. The average Bonchev–Trinajstić information content (AvgIpc) is 3.48. The minimum Gasteiger partial charge on any atom is -0.481 e. The number of fused-ring (bicyclic) bond motifs is 2. The van der Waals surface area contributed by atoms with Gasteiger partial charge in [-0.05, 0) is 60.0 Å². The lowest BCUT2D eigenvalue weighted by Gasteiger charge is -2.13. The largest absolute Gasteiger partial charge is 0.481 e. The number of aromatic nitrogens is 5. The second kappa shape index (κ2) is 9.06. The number of carboxylic acids is 1. The van der Waals surface area contributed by atoms with Crippen molar-refractivity contribution in [3.05, 3.63) is 83.3 Å². The monoisotopic (exact) mass is 525 g/mol. The van der Waals surface area contributed by atoms with Gasteiger partial charge in [0.2, 0.25) is 0 Å². The van der Waals surface area contributed by atoms with E-state index in [4.69, 9.17) is 16.6 Å². The lowest BCUT2D eigenvalue weighted by molar-refractivity contribution is -0.136. The Labute approximate surface area is 221 Å². The standard InChI is InChI=1S/C28H20ClN5O2S/c1-15-9-22-27(26(20(15)11-25(35)36)16-3-6-19(29)7-4-16)37-28(33-22)23-12-21(30-14-31-23)17-5-8-24-18(10-17)13-32-34(24)2/h3-10,12-14H,11H2,1-2H3,(H,35,36). The molecule has 0 radical (unpaired) electrons. The summed E-state index contributed by atoms with van der Waals surface area (Å²) in [5.41, 5.74) is 7.72. The van der Waals surface area contributed by atoms with Gasteiger partial charge < -0.3 is 5.11 Å². The van der Waals surface area contributed by atoms with Gasteiger partial charge >= 0.3 is 5.97 Å². The first-order valence-corrected chi connectivity index (χ1v) is 12.7. The molecule has 3 aromatic carbocycles. The molecule has 0 fully saturated rings. The number of benzene rings is 3. The molecule has 3 heterocycles. The van der Waals surface area contributed by atoms with Crippen LogP contribution in [0.3, 0.4) is 0 Å². The molecule has 7 nitrogen and oxygen atoms in total. The van der Waals surface area contributed by atoms with Gasteiger partial charge in [-0.25, -0.2) is 15.0 Å². The van der Waals surface area contributed by atoms with E-state index in [9.17, 15) is 9.90 Å².